The molecule has 2 N–H and O–H groups in total. The third kappa shape index (κ3) is 3.10. The molecule has 2 heterocycles. The molecule has 0 aliphatic carbocycles. The number of piperidine rings is 1. The van der Waals surface area contributed by atoms with Gasteiger partial charge < -0.3 is 9.73 Å². The van der Waals surface area contributed by atoms with Crippen LogP contribution in [0.4, 0.5) is 5.88 Å². The van der Waals surface area contributed by atoms with Crippen molar-refractivity contribution in [2.24, 2.45) is 5.92 Å². The summed E-state index contributed by atoms with van der Waals surface area (Å²) in [5.74, 6) is 1.94. The van der Waals surface area contributed by atoms with E-state index >= 15 is 0 Å². The van der Waals surface area contributed by atoms with Gasteiger partial charge in [0, 0.05) is 12.5 Å². The van der Waals surface area contributed by atoms with Crippen molar-refractivity contribution < 1.29 is 9.21 Å². The third-order valence-electron chi connectivity index (χ3n) is 2.94. The highest BCUT2D eigenvalue weighted by Crippen LogP contribution is 2.18. The second-order valence-electron chi connectivity index (χ2n) is 4.36. The minimum absolute atomic E-state index is 0.0567. The molecule has 4 heteroatoms. The Hall–Kier alpha value is -1.29. The molecule has 0 bridgehead atoms. The van der Waals surface area contributed by atoms with E-state index in [1.54, 1.807) is 6.07 Å². The van der Waals surface area contributed by atoms with Gasteiger partial charge in [-0.25, -0.2) is 0 Å². The molecule has 1 saturated heterocycles. The molecule has 1 amide bonds. The van der Waals surface area contributed by atoms with E-state index in [-0.39, 0.29) is 5.91 Å². The molecule has 1 aliphatic heterocycles. The largest absolute Gasteiger partial charge is 0.446 e. The van der Waals surface area contributed by atoms with Gasteiger partial charge in [-0.05, 0) is 44.8 Å². The lowest BCUT2D eigenvalue weighted by atomic mass is 9.94. The zero-order valence-corrected chi connectivity index (χ0v) is 9.58. The maximum atomic E-state index is 11.7. The molecule has 0 aromatic carbocycles. The van der Waals surface area contributed by atoms with Crippen LogP contribution in [0.1, 0.15) is 25.0 Å². The van der Waals surface area contributed by atoms with Crippen LogP contribution in [0.15, 0.2) is 16.5 Å². The summed E-state index contributed by atoms with van der Waals surface area (Å²) in [7, 11) is 0. The van der Waals surface area contributed by atoms with Crippen LogP contribution >= 0.6 is 0 Å². The zero-order valence-electron chi connectivity index (χ0n) is 9.58. The Balaban J connectivity index is 1.79. The summed E-state index contributed by atoms with van der Waals surface area (Å²) in [5.41, 5.74) is 0. The molecule has 4 nitrogen and oxygen atoms in total. The number of furan rings is 1. The van der Waals surface area contributed by atoms with Gasteiger partial charge in [-0.15, -0.1) is 0 Å². The smallest absolute Gasteiger partial charge is 0.226 e. The lowest BCUT2D eigenvalue weighted by Crippen LogP contribution is -2.30. The van der Waals surface area contributed by atoms with E-state index in [4.69, 9.17) is 4.42 Å². The van der Waals surface area contributed by atoms with E-state index in [9.17, 15) is 4.79 Å². The Bertz CT molecular complexity index is 354. The molecular weight excluding hydrogens is 204 g/mol. The van der Waals surface area contributed by atoms with Gasteiger partial charge in [0.25, 0.3) is 0 Å². The Morgan fingerprint density at radius 1 is 1.50 bits per heavy atom. The number of amides is 1. The fourth-order valence-corrected chi connectivity index (χ4v) is 2.04. The van der Waals surface area contributed by atoms with Crippen LogP contribution in [0.3, 0.4) is 0 Å². The summed E-state index contributed by atoms with van der Waals surface area (Å²) >= 11 is 0. The van der Waals surface area contributed by atoms with Crippen molar-refractivity contribution >= 4 is 11.8 Å². The molecule has 0 unspecified atom stereocenters. The number of aryl methyl sites for hydroxylation is 1. The van der Waals surface area contributed by atoms with Crippen LogP contribution < -0.4 is 10.6 Å². The minimum atomic E-state index is 0.0567. The van der Waals surface area contributed by atoms with Crippen LogP contribution in [0.2, 0.25) is 0 Å². The van der Waals surface area contributed by atoms with E-state index in [1.807, 2.05) is 13.0 Å². The summed E-state index contributed by atoms with van der Waals surface area (Å²) in [6.45, 7) is 3.91. The first-order valence-electron chi connectivity index (χ1n) is 5.81. The highest BCUT2D eigenvalue weighted by Gasteiger charge is 2.17. The van der Waals surface area contributed by atoms with Crippen molar-refractivity contribution in [2.75, 3.05) is 18.4 Å². The Morgan fingerprint density at radius 2 is 2.25 bits per heavy atom. The molecule has 0 radical (unpaired) electrons. The molecule has 0 spiro atoms. The Kier molecular flexibility index (Phi) is 3.62. The Morgan fingerprint density at radius 3 is 2.88 bits per heavy atom. The van der Waals surface area contributed by atoms with Crippen LogP contribution in [0.5, 0.6) is 0 Å². The summed E-state index contributed by atoms with van der Waals surface area (Å²) in [6, 6.07) is 3.63. The second-order valence-corrected chi connectivity index (χ2v) is 4.36. The molecule has 1 fully saturated rings. The van der Waals surface area contributed by atoms with Gasteiger partial charge in [-0.1, -0.05) is 0 Å². The predicted molar refractivity (Wildman–Crippen MR) is 62.3 cm³/mol. The van der Waals surface area contributed by atoms with Gasteiger partial charge in [0.05, 0.1) is 0 Å². The maximum Gasteiger partial charge on any atom is 0.226 e. The molecule has 1 aromatic heterocycles. The number of carbonyl (C=O) groups is 1. The molecular formula is C12H18N2O2. The van der Waals surface area contributed by atoms with E-state index in [1.165, 1.54) is 0 Å². The standard InChI is InChI=1S/C12H18N2O2/c1-9-2-3-12(16-9)14-11(15)8-10-4-6-13-7-5-10/h2-3,10,13H,4-8H2,1H3,(H,14,15). The number of hydrogen-bond acceptors (Lipinski definition) is 3. The van der Waals surface area contributed by atoms with Crippen molar-refractivity contribution in [2.45, 2.75) is 26.2 Å². The van der Waals surface area contributed by atoms with Gasteiger partial charge in [0.1, 0.15) is 5.76 Å². The average Bonchev–Trinajstić information content (AvgIpc) is 2.65. The second kappa shape index (κ2) is 5.16. The molecule has 1 aromatic rings. The molecule has 0 atom stereocenters. The predicted octanol–water partition coefficient (Wildman–Crippen LogP) is 1.92. The summed E-state index contributed by atoms with van der Waals surface area (Å²) in [5, 5.41) is 6.07. The van der Waals surface area contributed by atoms with E-state index in [0.29, 0.717) is 18.2 Å². The first kappa shape index (κ1) is 11.2. The van der Waals surface area contributed by atoms with Crippen LogP contribution in [0, 0.1) is 12.8 Å². The highest BCUT2D eigenvalue weighted by molar-refractivity contribution is 5.89. The van der Waals surface area contributed by atoms with Gasteiger partial charge in [-0.3, -0.25) is 10.1 Å². The normalized spacial score (nSPS) is 17.3. The van der Waals surface area contributed by atoms with E-state index in [2.05, 4.69) is 10.6 Å². The summed E-state index contributed by atoms with van der Waals surface area (Å²) in [6.07, 6.45) is 2.77. The van der Waals surface area contributed by atoms with Gasteiger partial charge >= 0.3 is 0 Å². The Labute approximate surface area is 95.4 Å². The summed E-state index contributed by atoms with van der Waals surface area (Å²) in [4.78, 5) is 11.7. The monoisotopic (exact) mass is 222 g/mol. The van der Waals surface area contributed by atoms with Gasteiger partial charge in [0.15, 0.2) is 5.88 Å². The molecule has 2 rings (SSSR count). The van der Waals surface area contributed by atoms with Gasteiger partial charge in [0.2, 0.25) is 5.91 Å². The molecule has 1 aliphatic rings. The van der Waals surface area contributed by atoms with Crippen molar-refractivity contribution in [3.05, 3.63) is 17.9 Å². The molecule has 16 heavy (non-hydrogen) atoms. The van der Waals surface area contributed by atoms with Crippen LogP contribution in [0.25, 0.3) is 0 Å². The van der Waals surface area contributed by atoms with E-state index in [0.717, 1.165) is 31.7 Å². The minimum Gasteiger partial charge on any atom is -0.446 e. The molecule has 0 saturated carbocycles. The fraction of sp³-hybridized carbons (Fsp3) is 0.583. The number of carbonyl (C=O) groups excluding carboxylic acids is 1. The summed E-state index contributed by atoms with van der Waals surface area (Å²) < 4.78 is 5.30. The topological polar surface area (TPSA) is 54.3 Å². The highest BCUT2D eigenvalue weighted by atomic mass is 16.4. The van der Waals surface area contributed by atoms with Gasteiger partial charge in [-0.2, -0.15) is 0 Å². The van der Waals surface area contributed by atoms with E-state index < -0.39 is 0 Å². The molecule has 88 valence electrons. The van der Waals surface area contributed by atoms with Crippen molar-refractivity contribution in [1.29, 1.82) is 0 Å². The number of anilines is 1. The van der Waals surface area contributed by atoms with Crippen LogP contribution in [-0.4, -0.2) is 19.0 Å². The van der Waals surface area contributed by atoms with Crippen molar-refractivity contribution in [3.8, 4) is 0 Å². The quantitative estimate of drug-likeness (QED) is 0.821. The number of rotatable bonds is 3. The number of nitrogens with one attached hydrogen (secondary N) is 2. The SMILES string of the molecule is Cc1ccc(NC(=O)CC2CCNCC2)o1. The average molecular weight is 222 g/mol. The lowest BCUT2D eigenvalue weighted by Gasteiger charge is -2.21. The zero-order chi connectivity index (χ0) is 11.4. The lowest BCUT2D eigenvalue weighted by molar-refractivity contribution is -0.117. The third-order valence-corrected chi connectivity index (χ3v) is 2.94. The first-order valence-corrected chi connectivity index (χ1v) is 5.81. The first-order chi connectivity index (χ1) is 7.74. The van der Waals surface area contributed by atoms with Crippen molar-refractivity contribution in [1.82, 2.24) is 5.32 Å². The maximum absolute atomic E-state index is 11.7. The fourth-order valence-electron chi connectivity index (χ4n) is 2.04. The number of hydrogen-bond donors (Lipinski definition) is 2. The van der Waals surface area contributed by atoms with Crippen LogP contribution in [-0.2, 0) is 4.79 Å². The van der Waals surface area contributed by atoms with Crippen molar-refractivity contribution in [3.63, 3.8) is 0 Å².